The number of piperidine rings is 1. The number of hydrogen-bond donors (Lipinski definition) is 1. The zero-order valence-electron chi connectivity index (χ0n) is 16.2. The number of carboxylic acid groups (broad SMARTS) is 1. The van der Waals surface area contributed by atoms with Crippen LogP contribution in [0, 0.1) is 17.0 Å². The van der Waals surface area contributed by atoms with Gasteiger partial charge in [-0.2, -0.15) is 0 Å². The lowest BCUT2D eigenvalue weighted by atomic mass is 9.68. The molecule has 29 heavy (non-hydrogen) atoms. The Morgan fingerprint density at radius 1 is 1.31 bits per heavy atom. The molecule has 156 valence electrons. The van der Waals surface area contributed by atoms with Gasteiger partial charge in [0.15, 0.2) is 0 Å². The Morgan fingerprint density at radius 2 is 2.03 bits per heavy atom. The maximum Gasteiger partial charge on any atom is 0.310 e. The van der Waals surface area contributed by atoms with Gasteiger partial charge >= 0.3 is 5.97 Å². The van der Waals surface area contributed by atoms with Gasteiger partial charge in [0.05, 0.1) is 16.1 Å². The number of halogens is 4. The minimum Gasteiger partial charge on any atom is -0.481 e. The highest BCUT2D eigenvalue weighted by atomic mass is 79.9. The Balaban J connectivity index is 1.86. The fraction of sp³-hybridized carbons (Fsp3) is 0.429. The van der Waals surface area contributed by atoms with Gasteiger partial charge in [-0.15, -0.1) is 0 Å². The monoisotopic (exact) mass is 486 g/mol. The van der Waals surface area contributed by atoms with Gasteiger partial charge in [-0.1, -0.05) is 23.7 Å². The molecule has 1 N–H and O–H groups in total. The first-order valence-corrected chi connectivity index (χ1v) is 10.4. The Morgan fingerprint density at radius 3 is 2.69 bits per heavy atom. The van der Waals surface area contributed by atoms with E-state index in [9.17, 15) is 18.7 Å². The van der Waals surface area contributed by atoms with Crippen molar-refractivity contribution in [3.05, 3.63) is 62.8 Å². The summed E-state index contributed by atoms with van der Waals surface area (Å²) in [5.41, 5.74) is -1.10. The maximum atomic E-state index is 14.4. The van der Waals surface area contributed by atoms with E-state index in [1.807, 2.05) is 18.7 Å². The van der Waals surface area contributed by atoms with E-state index in [0.717, 1.165) is 0 Å². The number of carboxylic acids is 1. The van der Waals surface area contributed by atoms with Crippen LogP contribution in [0.2, 0.25) is 5.02 Å². The number of nitrogens with zero attached hydrogens (tertiary/aromatic N) is 2. The van der Waals surface area contributed by atoms with Gasteiger partial charge < -0.3 is 5.11 Å². The van der Waals surface area contributed by atoms with E-state index in [2.05, 4.69) is 20.9 Å². The van der Waals surface area contributed by atoms with E-state index < -0.39 is 28.6 Å². The lowest BCUT2D eigenvalue weighted by Crippen LogP contribution is -2.56. The van der Waals surface area contributed by atoms with Crippen LogP contribution in [0.1, 0.15) is 37.9 Å². The fourth-order valence-corrected chi connectivity index (χ4v) is 4.70. The zero-order valence-corrected chi connectivity index (χ0v) is 18.5. The Bertz CT molecular complexity index is 941. The van der Waals surface area contributed by atoms with Crippen LogP contribution in [0.3, 0.4) is 0 Å². The van der Waals surface area contributed by atoms with Crippen LogP contribution in [-0.2, 0) is 17.8 Å². The summed E-state index contributed by atoms with van der Waals surface area (Å²) in [4.78, 5) is 18.5. The van der Waals surface area contributed by atoms with Crippen LogP contribution in [0.5, 0.6) is 0 Å². The first-order chi connectivity index (χ1) is 13.5. The summed E-state index contributed by atoms with van der Waals surface area (Å²) in [6.45, 7) is 4.60. The molecule has 0 saturated carbocycles. The van der Waals surface area contributed by atoms with Crippen molar-refractivity contribution in [3.8, 4) is 0 Å². The average molecular weight is 488 g/mol. The van der Waals surface area contributed by atoms with E-state index in [-0.39, 0.29) is 23.6 Å². The Labute approximate surface area is 182 Å². The number of pyridine rings is 1. The molecule has 0 amide bonds. The molecule has 0 aliphatic carbocycles. The van der Waals surface area contributed by atoms with E-state index >= 15 is 0 Å². The van der Waals surface area contributed by atoms with Gasteiger partial charge in [0.2, 0.25) is 0 Å². The summed E-state index contributed by atoms with van der Waals surface area (Å²) >= 11 is 9.11. The molecule has 1 aliphatic rings. The highest BCUT2D eigenvalue weighted by Gasteiger charge is 2.49. The smallest absolute Gasteiger partial charge is 0.310 e. The fourth-order valence-electron chi connectivity index (χ4n) is 4.16. The third-order valence-electron chi connectivity index (χ3n) is 5.72. The third kappa shape index (κ3) is 4.62. The van der Waals surface area contributed by atoms with E-state index in [0.29, 0.717) is 29.7 Å². The first-order valence-electron chi connectivity index (χ1n) is 9.26. The lowest BCUT2D eigenvalue weighted by molar-refractivity contribution is -0.156. The molecule has 2 aromatic rings. The highest BCUT2D eigenvalue weighted by Crippen LogP contribution is 2.44. The molecule has 0 bridgehead atoms. The van der Waals surface area contributed by atoms with Crippen LogP contribution < -0.4 is 0 Å². The second kappa shape index (κ2) is 8.28. The van der Waals surface area contributed by atoms with E-state index in [1.165, 1.54) is 18.2 Å². The predicted molar refractivity (Wildman–Crippen MR) is 111 cm³/mol. The standard InChI is InChI=1S/C21H22BrClF2N2O2/c1-20(2)12-21(19(28)29,10-16-15(24)6-7-17(22)26-16)8-9-27(20)11-13-4-3-5-14(23)18(13)25/h3-7H,8-12H2,1-2H3,(H,28,29)/t21-/m0/s1. The van der Waals surface area contributed by atoms with Gasteiger partial charge in [-0.25, -0.2) is 13.8 Å². The number of aromatic nitrogens is 1. The molecule has 1 aromatic heterocycles. The van der Waals surface area contributed by atoms with Crippen molar-refractivity contribution < 1.29 is 18.7 Å². The molecule has 0 unspecified atom stereocenters. The third-order valence-corrected chi connectivity index (χ3v) is 6.46. The van der Waals surface area contributed by atoms with Crippen LogP contribution >= 0.6 is 27.5 Å². The molecule has 1 atom stereocenters. The molecule has 1 aliphatic heterocycles. The minimum atomic E-state index is -1.15. The number of carbonyl (C=O) groups is 1. The summed E-state index contributed by atoms with van der Waals surface area (Å²) in [7, 11) is 0. The first kappa shape index (κ1) is 22.1. The molecular weight excluding hydrogens is 466 g/mol. The minimum absolute atomic E-state index is 0.00357. The molecule has 2 heterocycles. The SMILES string of the molecule is CC1(C)C[C@](Cc2nc(Br)ccc2F)(C(=O)O)CCN1Cc1cccc(Cl)c1F. The van der Waals surface area contributed by atoms with Crippen molar-refractivity contribution >= 4 is 33.5 Å². The molecule has 1 aromatic carbocycles. The van der Waals surface area contributed by atoms with Crippen molar-refractivity contribution in [2.75, 3.05) is 6.54 Å². The second-order valence-corrected chi connectivity index (χ2v) is 9.42. The van der Waals surface area contributed by atoms with Crippen LogP contribution in [0.15, 0.2) is 34.9 Å². The average Bonchev–Trinajstić information content (AvgIpc) is 2.63. The Hall–Kier alpha value is -1.57. The van der Waals surface area contributed by atoms with Crippen LogP contribution in [0.4, 0.5) is 8.78 Å². The zero-order chi connectivity index (χ0) is 21.4. The number of aliphatic carboxylic acids is 1. The number of likely N-dealkylation sites (tertiary alicyclic amines) is 1. The van der Waals surface area contributed by atoms with E-state index in [1.54, 1.807) is 12.1 Å². The van der Waals surface area contributed by atoms with Gasteiger partial charge in [-0.3, -0.25) is 9.69 Å². The summed E-state index contributed by atoms with van der Waals surface area (Å²) in [5.74, 6) is -1.95. The molecule has 8 heteroatoms. The second-order valence-electron chi connectivity index (χ2n) is 8.20. The van der Waals surface area contributed by atoms with Crippen molar-refractivity contribution in [2.45, 2.75) is 45.2 Å². The largest absolute Gasteiger partial charge is 0.481 e. The molecule has 0 radical (unpaired) electrons. The molecular formula is C21H22BrClF2N2O2. The topological polar surface area (TPSA) is 53.4 Å². The van der Waals surface area contributed by atoms with Crippen molar-refractivity contribution in [3.63, 3.8) is 0 Å². The normalized spacial score (nSPS) is 21.9. The molecule has 1 saturated heterocycles. The molecule has 0 spiro atoms. The predicted octanol–water partition coefficient (Wildman–Crippen LogP) is 5.46. The molecule has 3 rings (SSSR count). The lowest BCUT2D eigenvalue weighted by Gasteiger charge is -2.50. The van der Waals surface area contributed by atoms with Gasteiger partial charge in [-0.05, 0) is 60.8 Å². The number of rotatable bonds is 5. The summed E-state index contributed by atoms with van der Waals surface area (Å²) in [5, 5.41) is 10.1. The van der Waals surface area contributed by atoms with E-state index in [4.69, 9.17) is 11.6 Å². The molecule has 1 fully saturated rings. The van der Waals surface area contributed by atoms with Gasteiger partial charge in [0, 0.05) is 30.6 Å². The quantitative estimate of drug-likeness (QED) is 0.569. The van der Waals surface area contributed by atoms with Crippen molar-refractivity contribution in [1.29, 1.82) is 0 Å². The number of hydrogen-bond acceptors (Lipinski definition) is 3. The summed E-state index contributed by atoms with van der Waals surface area (Å²) < 4.78 is 29.1. The summed E-state index contributed by atoms with van der Waals surface area (Å²) in [6, 6.07) is 7.64. The Kier molecular flexibility index (Phi) is 6.32. The highest BCUT2D eigenvalue weighted by molar-refractivity contribution is 9.10. The molecule has 4 nitrogen and oxygen atoms in total. The number of benzene rings is 1. The van der Waals surface area contributed by atoms with Crippen LogP contribution in [-0.4, -0.2) is 33.0 Å². The van der Waals surface area contributed by atoms with Crippen LogP contribution in [0.25, 0.3) is 0 Å². The summed E-state index contributed by atoms with van der Waals surface area (Å²) in [6.07, 6.45) is 0.586. The maximum absolute atomic E-state index is 14.4. The van der Waals surface area contributed by atoms with Crippen molar-refractivity contribution in [1.82, 2.24) is 9.88 Å². The van der Waals surface area contributed by atoms with Gasteiger partial charge in [0.1, 0.15) is 16.2 Å². The van der Waals surface area contributed by atoms with Crippen molar-refractivity contribution in [2.24, 2.45) is 5.41 Å². The van der Waals surface area contributed by atoms with Gasteiger partial charge in [0.25, 0.3) is 0 Å².